The number of hydrogen-bond donors (Lipinski definition) is 1. The van der Waals surface area contributed by atoms with Crippen LogP contribution in [0.25, 0.3) is 10.8 Å². The quantitative estimate of drug-likeness (QED) is 0.762. The van der Waals surface area contributed by atoms with Gasteiger partial charge in [-0.25, -0.2) is 0 Å². The maximum atomic E-state index is 12.0. The van der Waals surface area contributed by atoms with Crippen LogP contribution in [-0.2, 0) is 0 Å². The lowest BCUT2D eigenvalue weighted by molar-refractivity contribution is 0.102. The molecule has 0 unspecified atom stereocenters. The first-order valence-corrected chi connectivity index (χ1v) is 7.72. The van der Waals surface area contributed by atoms with Crippen molar-refractivity contribution in [2.45, 2.75) is 0 Å². The summed E-state index contributed by atoms with van der Waals surface area (Å²) in [6.45, 7) is 0. The third kappa shape index (κ3) is 2.71. The van der Waals surface area contributed by atoms with Crippen molar-refractivity contribution in [2.24, 2.45) is 0 Å². The third-order valence-electron chi connectivity index (χ3n) is 2.28. The Balaban J connectivity index is 1.78. The molecule has 0 aliphatic carbocycles. The lowest BCUT2D eigenvalue weighted by Crippen LogP contribution is -2.11. The van der Waals surface area contributed by atoms with Crippen LogP contribution in [0.15, 0.2) is 28.0 Å². The van der Waals surface area contributed by atoms with Crippen LogP contribution >= 0.6 is 45.9 Å². The van der Waals surface area contributed by atoms with Crippen molar-refractivity contribution >= 4 is 57.8 Å². The van der Waals surface area contributed by atoms with Crippen molar-refractivity contribution in [1.82, 2.24) is 10.2 Å². The summed E-state index contributed by atoms with van der Waals surface area (Å²) in [6.07, 6.45) is 0. The molecule has 0 aliphatic rings. The van der Waals surface area contributed by atoms with Crippen LogP contribution in [0.2, 0.25) is 8.67 Å². The fraction of sp³-hybridized carbons (Fsp3) is 0. The maximum Gasteiger partial charge on any atom is 0.322 e. The molecule has 0 spiro atoms. The van der Waals surface area contributed by atoms with E-state index in [4.69, 9.17) is 27.6 Å². The van der Waals surface area contributed by atoms with Gasteiger partial charge in [-0.05, 0) is 17.5 Å². The summed E-state index contributed by atoms with van der Waals surface area (Å²) >= 11 is 14.3. The molecule has 5 nitrogen and oxygen atoms in total. The number of aromatic nitrogens is 2. The molecule has 0 bridgehead atoms. The second kappa shape index (κ2) is 5.53. The van der Waals surface area contributed by atoms with E-state index in [-0.39, 0.29) is 11.6 Å². The van der Waals surface area contributed by atoms with Gasteiger partial charge in [0.25, 0.3) is 11.8 Å². The van der Waals surface area contributed by atoms with Crippen molar-refractivity contribution in [3.8, 4) is 10.8 Å². The molecular weight excluding hydrogens is 341 g/mol. The zero-order valence-corrected chi connectivity index (χ0v) is 12.7. The summed E-state index contributed by atoms with van der Waals surface area (Å²) in [5.74, 6) is -0.0933. The molecule has 3 rings (SSSR count). The molecule has 0 saturated heterocycles. The number of nitrogens with zero attached hydrogens (tertiary/aromatic N) is 2. The normalized spacial score (nSPS) is 10.7. The van der Waals surface area contributed by atoms with E-state index >= 15 is 0 Å². The van der Waals surface area contributed by atoms with Crippen LogP contribution in [-0.4, -0.2) is 16.1 Å². The fourth-order valence-corrected chi connectivity index (χ4v) is 3.54. The zero-order valence-electron chi connectivity index (χ0n) is 9.59. The van der Waals surface area contributed by atoms with Gasteiger partial charge in [0.15, 0.2) is 0 Å². The Labute approximate surface area is 131 Å². The molecule has 0 saturated carbocycles. The molecule has 1 N–H and O–H groups in total. The molecule has 0 radical (unpaired) electrons. The Bertz CT molecular complexity index is 752. The number of thiophene rings is 2. The summed E-state index contributed by atoms with van der Waals surface area (Å²) in [7, 11) is 0. The molecule has 3 heterocycles. The molecule has 1 amide bonds. The van der Waals surface area contributed by atoms with Gasteiger partial charge in [-0.3, -0.25) is 10.1 Å². The van der Waals surface area contributed by atoms with Crippen LogP contribution in [0.1, 0.15) is 10.4 Å². The van der Waals surface area contributed by atoms with Gasteiger partial charge in [0.1, 0.15) is 4.34 Å². The highest BCUT2D eigenvalue weighted by atomic mass is 35.5. The Morgan fingerprint density at radius 3 is 2.85 bits per heavy atom. The lowest BCUT2D eigenvalue weighted by Gasteiger charge is -1.97. The smallest absolute Gasteiger partial charge is 0.322 e. The van der Waals surface area contributed by atoms with Crippen LogP contribution in [0.5, 0.6) is 0 Å². The Kier molecular flexibility index (Phi) is 3.75. The molecule has 0 fully saturated rings. The van der Waals surface area contributed by atoms with Gasteiger partial charge in [0, 0.05) is 0 Å². The van der Waals surface area contributed by atoms with E-state index in [1.54, 1.807) is 0 Å². The first-order chi connectivity index (χ1) is 9.63. The summed E-state index contributed by atoms with van der Waals surface area (Å²) in [6, 6.07) is 5.21. The molecular formula is C11H5Cl2N3O2S2. The van der Waals surface area contributed by atoms with Gasteiger partial charge in [0.05, 0.1) is 14.8 Å². The van der Waals surface area contributed by atoms with Gasteiger partial charge in [0.2, 0.25) is 0 Å². The number of anilines is 1. The SMILES string of the molecule is O=C(Nc1nnc(-c2cccs2)o1)c1cc(Cl)sc1Cl. The third-order valence-corrected chi connectivity index (χ3v) is 4.62. The highest BCUT2D eigenvalue weighted by Crippen LogP contribution is 2.31. The minimum atomic E-state index is -0.445. The standard InChI is InChI=1S/C11H5Cl2N3O2S2/c12-7-4-5(8(13)20-7)9(17)14-11-16-15-10(18-11)6-2-1-3-19-6/h1-4H,(H,14,16,17). The van der Waals surface area contributed by atoms with Crippen molar-refractivity contribution < 1.29 is 9.21 Å². The highest BCUT2D eigenvalue weighted by molar-refractivity contribution is 7.20. The Morgan fingerprint density at radius 1 is 1.35 bits per heavy atom. The first kappa shape index (κ1) is 13.6. The molecule has 102 valence electrons. The van der Waals surface area contributed by atoms with E-state index < -0.39 is 5.91 Å². The maximum absolute atomic E-state index is 12.0. The van der Waals surface area contributed by atoms with Crippen LogP contribution in [0.4, 0.5) is 6.01 Å². The summed E-state index contributed by atoms with van der Waals surface area (Å²) < 4.78 is 6.10. The molecule has 0 aliphatic heterocycles. The summed E-state index contributed by atoms with van der Waals surface area (Å²) in [5, 5.41) is 12.0. The van der Waals surface area contributed by atoms with E-state index in [1.165, 1.54) is 17.4 Å². The molecule has 20 heavy (non-hydrogen) atoms. The Morgan fingerprint density at radius 2 is 2.20 bits per heavy atom. The lowest BCUT2D eigenvalue weighted by atomic mass is 10.3. The van der Waals surface area contributed by atoms with E-state index in [1.807, 2.05) is 17.5 Å². The van der Waals surface area contributed by atoms with Crippen LogP contribution in [0, 0.1) is 0 Å². The molecule has 3 aromatic rings. The zero-order chi connectivity index (χ0) is 14.1. The monoisotopic (exact) mass is 345 g/mol. The van der Waals surface area contributed by atoms with E-state index in [9.17, 15) is 4.79 Å². The van der Waals surface area contributed by atoms with Crippen LogP contribution < -0.4 is 5.32 Å². The number of carbonyl (C=O) groups is 1. The predicted molar refractivity (Wildman–Crippen MR) is 79.9 cm³/mol. The van der Waals surface area contributed by atoms with Crippen molar-refractivity contribution in [3.05, 3.63) is 37.8 Å². The number of nitrogens with one attached hydrogen (secondary N) is 1. The Hall–Kier alpha value is -1.41. The van der Waals surface area contributed by atoms with Crippen molar-refractivity contribution in [2.75, 3.05) is 5.32 Å². The number of carbonyl (C=O) groups excluding carboxylic acids is 1. The number of hydrogen-bond acceptors (Lipinski definition) is 6. The average Bonchev–Trinajstić information content (AvgIpc) is 3.09. The van der Waals surface area contributed by atoms with Gasteiger partial charge >= 0.3 is 6.01 Å². The topological polar surface area (TPSA) is 68.0 Å². The second-order valence-electron chi connectivity index (χ2n) is 3.58. The minimum Gasteiger partial charge on any atom is -0.402 e. The number of halogens is 2. The minimum absolute atomic E-state index is 0.0109. The first-order valence-electron chi connectivity index (χ1n) is 5.27. The largest absolute Gasteiger partial charge is 0.402 e. The highest BCUT2D eigenvalue weighted by Gasteiger charge is 2.17. The predicted octanol–water partition coefficient (Wildman–Crippen LogP) is 4.42. The molecule has 3 aromatic heterocycles. The average molecular weight is 346 g/mol. The number of amides is 1. The van der Waals surface area contributed by atoms with Crippen molar-refractivity contribution in [1.29, 1.82) is 0 Å². The van der Waals surface area contributed by atoms with E-state index in [2.05, 4.69) is 15.5 Å². The summed E-state index contributed by atoms with van der Waals surface area (Å²) in [4.78, 5) is 12.8. The van der Waals surface area contributed by atoms with Gasteiger partial charge in [-0.15, -0.1) is 27.8 Å². The van der Waals surface area contributed by atoms with Crippen LogP contribution in [0.3, 0.4) is 0 Å². The second-order valence-corrected chi connectivity index (χ2v) is 6.81. The van der Waals surface area contributed by atoms with Crippen molar-refractivity contribution in [3.63, 3.8) is 0 Å². The molecule has 9 heteroatoms. The van der Waals surface area contributed by atoms with Gasteiger partial charge < -0.3 is 4.42 Å². The molecule has 0 atom stereocenters. The summed E-state index contributed by atoms with van der Waals surface area (Å²) in [5.41, 5.74) is 0.276. The van der Waals surface area contributed by atoms with E-state index in [0.29, 0.717) is 14.6 Å². The van der Waals surface area contributed by atoms with E-state index in [0.717, 1.165) is 16.2 Å². The van der Waals surface area contributed by atoms with Gasteiger partial charge in [-0.2, -0.15) is 0 Å². The number of rotatable bonds is 3. The fourth-order valence-electron chi connectivity index (χ4n) is 1.43. The van der Waals surface area contributed by atoms with Gasteiger partial charge in [-0.1, -0.05) is 34.4 Å². The molecule has 0 aromatic carbocycles.